The van der Waals surface area contributed by atoms with Crippen LogP contribution in [0.3, 0.4) is 0 Å². The first-order chi connectivity index (χ1) is 10.5. The van der Waals surface area contributed by atoms with E-state index in [-0.39, 0.29) is 17.7 Å². The minimum Gasteiger partial charge on any atom is -0.333 e. The first-order valence-electron chi connectivity index (χ1n) is 7.74. The SMILES string of the molecule is CC.CSN1CCN(C(=O)c2ccc(C(C)=O)cc2)C(C)C1. The van der Waals surface area contributed by atoms with E-state index in [0.717, 1.165) is 19.6 Å². The highest BCUT2D eigenvalue weighted by Crippen LogP contribution is 2.18. The normalized spacial score (nSPS) is 18.4. The number of Topliss-reactive ketones (excluding diaryl/α,β-unsaturated/α-hetero) is 1. The van der Waals surface area contributed by atoms with E-state index in [9.17, 15) is 9.59 Å². The van der Waals surface area contributed by atoms with Crippen LogP contribution in [0.25, 0.3) is 0 Å². The summed E-state index contributed by atoms with van der Waals surface area (Å²) in [4.78, 5) is 25.7. The molecule has 0 bridgehead atoms. The zero-order valence-electron chi connectivity index (χ0n) is 14.1. The fourth-order valence-corrected chi connectivity index (χ4v) is 3.03. The van der Waals surface area contributed by atoms with Gasteiger partial charge in [-0.1, -0.05) is 37.9 Å². The lowest BCUT2D eigenvalue weighted by molar-refractivity contribution is 0.0601. The summed E-state index contributed by atoms with van der Waals surface area (Å²) < 4.78 is 2.27. The number of ketones is 1. The maximum atomic E-state index is 12.5. The highest BCUT2D eigenvalue weighted by atomic mass is 32.2. The zero-order chi connectivity index (χ0) is 16.7. The summed E-state index contributed by atoms with van der Waals surface area (Å²) in [6.45, 7) is 10.1. The van der Waals surface area contributed by atoms with E-state index in [1.165, 1.54) is 6.92 Å². The highest BCUT2D eigenvalue weighted by Gasteiger charge is 2.27. The van der Waals surface area contributed by atoms with Crippen LogP contribution in [0.1, 0.15) is 48.4 Å². The molecule has 0 N–H and O–H groups in total. The van der Waals surface area contributed by atoms with Gasteiger partial charge < -0.3 is 4.90 Å². The third-order valence-corrected chi connectivity index (χ3v) is 4.50. The molecular weight excluding hydrogens is 296 g/mol. The Bertz CT molecular complexity index is 502. The Morgan fingerprint density at radius 2 is 1.64 bits per heavy atom. The summed E-state index contributed by atoms with van der Waals surface area (Å²) in [5, 5.41) is 0. The molecule has 1 aliphatic heterocycles. The molecule has 0 spiro atoms. The number of carbonyl (C=O) groups excluding carboxylic acids is 2. The van der Waals surface area contributed by atoms with Crippen molar-refractivity contribution in [3.8, 4) is 0 Å². The van der Waals surface area contributed by atoms with Crippen LogP contribution < -0.4 is 0 Å². The second-order valence-electron chi connectivity index (χ2n) is 5.05. The Hall–Kier alpha value is -1.33. The third-order valence-electron chi connectivity index (χ3n) is 3.65. The maximum Gasteiger partial charge on any atom is 0.254 e. The highest BCUT2D eigenvalue weighted by molar-refractivity contribution is 7.96. The Morgan fingerprint density at radius 1 is 1.09 bits per heavy atom. The standard InChI is InChI=1S/C15H20N2O2S.C2H6/c1-11-10-16(20-3)8-9-17(11)15(19)14-6-4-13(5-7-14)12(2)18;1-2/h4-7,11H,8-10H2,1-3H3;1-2H3. The number of amides is 1. The van der Waals surface area contributed by atoms with Gasteiger partial charge in [-0.2, -0.15) is 0 Å². The van der Waals surface area contributed by atoms with Crippen molar-refractivity contribution in [3.63, 3.8) is 0 Å². The molecule has 1 heterocycles. The topological polar surface area (TPSA) is 40.6 Å². The van der Waals surface area contributed by atoms with Gasteiger partial charge >= 0.3 is 0 Å². The van der Waals surface area contributed by atoms with Crippen molar-refractivity contribution in [1.29, 1.82) is 0 Å². The first-order valence-corrected chi connectivity index (χ1v) is 8.92. The van der Waals surface area contributed by atoms with Crippen molar-refractivity contribution in [2.45, 2.75) is 33.7 Å². The van der Waals surface area contributed by atoms with Crippen LogP contribution in [0, 0.1) is 0 Å². The predicted molar refractivity (Wildman–Crippen MR) is 93.4 cm³/mol. The lowest BCUT2D eigenvalue weighted by atomic mass is 10.1. The lowest BCUT2D eigenvalue weighted by Gasteiger charge is -2.38. The van der Waals surface area contributed by atoms with Gasteiger partial charge in [0, 0.05) is 36.8 Å². The average Bonchev–Trinajstić information content (AvgIpc) is 2.56. The number of benzene rings is 1. The molecule has 1 saturated heterocycles. The summed E-state index contributed by atoms with van der Waals surface area (Å²) in [6, 6.07) is 7.13. The molecule has 1 atom stereocenters. The van der Waals surface area contributed by atoms with Crippen molar-refractivity contribution in [2.24, 2.45) is 0 Å². The molecule has 0 radical (unpaired) electrons. The summed E-state index contributed by atoms with van der Waals surface area (Å²) >= 11 is 1.72. The Morgan fingerprint density at radius 3 is 2.09 bits per heavy atom. The largest absolute Gasteiger partial charge is 0.333 e. The number of nitrogens with zero attached hydrogens (tertiary/aromatic N) is 2. The number of rotatable bonds is 3. The molecule has 5 heteroatoms. The summed E-state index contributed by atoms with van der Waals surface area (Å²) in [6.07, 6.45) is 2.06. The van der Waals surface area contributed by atoms with E-state index in [2.05, 4.69) is 17.5 Å². The predicted octanol–water partition coefficient (Wildman–Crippen LogP) is 3.34. The molecule has 122 valence electrons. The molecule has 0 aliphatic carbocycles. The van der Waals surface area contributed by atoms with E-state index in [1.807, 2.05) is 18.7 Å². The van der Waals surface area contributed by atoms with Gasteiger partial charge in [-0.15, -0.1) is 0 Å². The average molecular weight is 322 g/mol. The first kappa shape index (κ1) is 18.7. The number of hydrogen-bond acceptors (Lipinski definition) is 4. The summed E-state index contributed by atoms with van der Waals surface area (Å²) in [5.41, 5.74) is 1.29. The molecule has 1 unspecified atom stereocenters. The Labute approximate surface area is 138 Å². The van der Waals surface area contributed by atoms with Crippen LogP contribution in [0.15, 0.2) is 24.3 Å². The lowest BCUT2D eigenvalue weighted by Crippen LogP contribution is -2.51. The molecular formula is C17H26N2O2S. The second kappa shape index (κ2) is 8.96. The van der Waals surface area contributed by atoms with Gasteiger partial charge in [0.25, 0.3) is 5.91 Å². The van der Waals surface area contributed by atoms with Gasteiger partial charge in [0.15, 0.2) is 5.78 Å². The van der Waals surface area contributed by atoms with E-state index >= 15 is 0 Å². The number of piperazine rings is 1. The fraction of sp³-hybridized carbons (Fsp3) is 0.529. The third kappa shape index (κ3) is 4.58. The van der Waals surface area contributed by atoms with Crippen molar-refractivity contribution in [3.05, 3.63) is 35.4 Å². The van der Waals surface area contributed by atoms with Crippen LogP contribution in [-0.4, -0.2) is 52.8 Å². The Balaban J connectivity index is 0.00000116. The minimum atomic E-state index is 0.0194. The molecule has 4 nitrogen and oxygen atoms in total. The van der Waals surface area contributed by atoms with Gasteiger partial charge in [0.1, 0.15) is 0 Å². The second-order valence-corrected chi connectivity index (χ2v) is 5.93. The van der Waals surface area contributed by atoms with Crippen LogP contribution in [-0.2, 0) is 0 Å². The van der Waals surface area contributed by atoms with Crippen LogP contribution >= 0.6 is 11.9 Å². The molecule has 1 aromatic rings. The molecule has 1 amide bonds. The van der Waals surface area contributed by atoms with E-state index < -0.39 is 0 Å². The summed E-state index contributed by atoms with van der Waals surface area (Å²) in [5.74, 6) is 0.0688. The number of hydrogen-bond donors (Lipinski definition) is 0. The van der Waals surface area contributed by atoms with Crippen molar-refractivity contribution in [2.75, 3.05) is 25.9 Å². The van der Waals surface area contributed by atoms with E-state index in [0.29, 0.717) is 11.1 Å². The molecule has 2 rings (SSSR count). The fourth-order valence-electron chi connectivity index (χ4n) is 2.41. The van der Waals surface area contributed by atoms with Gasteiger partial charge in [-0.3, -0.25) is 9.59 Å². The smallest absolute Gasteiger partial charge is 0.254 e. The van der Waals surface area contributed by atoms with E-state index in [4.69, 9.17) is 0 Å². The quantitative estimate of drug-likeness (QED) is 0.632. The molecule has 0 aromatic heterocycles. The zero-order valence-corrected chi connectivity index (χ0v) is 14.9. The van der Waals surface area contributed by atoms with Gasteiger partial charge in [-0.25, -0.2) is 4.31 Å². The van der Waals surface area contributed by atoms with Crippen molar-refractivity contribution < 1.29 is 9.59 Å². The van der Waals surface area contributed by atoms with Crippen LogP contribution in [0.5, 0.6) is 0 Å². The molecule has 1 aromatic carbocycles. The van der Waals surface area contributed by atoms with Crippen LogP contribution in [0.2, 0.25) is 0 Å². The monoisotopic (exact) mass is 322 g/mol. The Kier molecular flexibility index (Phi) is 7.62. The molecule has 1 fully saturated rings. The van der Waals surface area contributed by atoms with Gasteiger partial charge in [-0.05, 0) is 32.2 Å². The maximum absolute atomic E-state index is 12.5. The van der Waals surface area contributed by atoms with Crippen molar-refractivity contribution >= 4 is 23.6 Å². The van der Waals surface area contributed by atoms with E-state index in [1.54, 1.807) is 36.2 Å². The molecule has 0 saturated carbocycles. The van der Waals surface area contributed by atoms with Gasteiger partial charge in [0.2, 0.25) is 0 Å². The minimum absolute atomic E-state index is 0.0194. The van der Waals surface area contributed by atoms with Crippen molar-refractivity contribution in [1.82, 2.24) is 9.21 Å². The number of carbonyl (C=O) groups is 2. The summed E-state index contributed by atoms with van der Waals surface area (Å²) in [7, 11) is 0. The van der Waals surface area contributed by atoms with Gasteiger partial charge in [0.05, 0.1) is 0 Å². The van der Waals surface area contributed by atoms with Crippen LogP contribution in [0.4, 0.5) is 0 Å². The molecule has 22 heavy (non-hydrogen) atoms. The molecule has 1 aliphatic rings.